The fraction of sp³-hybridized carbons (Fsp3) is 0.471. The van der Waals surface area contributed by atoms with Gasteiger partial charge in [-0.05, 0) is 43.4 Å². The van der Waals surface area contributed by atoms with Crippen LogP contribution < -0.4 is 5.73 Å². The zero-order valence-corrected chi connectivity index (χ0v) is 12.4. The summed E-state index contributed by atoms with van der Waals surface area (Å²) in [6.45, 7) is 2.21. The highest BCUT2D eigenvalue weighted by atomic mass is 16.5. The van der Waals surface area contributed by atoms with Gasteiger partial charge in [0.1, 0.15) is 6.10 Å². The van der Waals surface area contributed by atoms with E-state index in [9.17, 15) is 4.79 Å². The standard InChI is InChI=1S/C17H22N2O2/c1-2-11-4-3-5-13(8-11)21-17(20)15-10-19-16-9-12(18)6-7-14(15)16/h6-7,9-11,13,19H,2-5,8,18H2,1H3. The van der Waals surface area contributed by atoms with E-state index in [1.807, 2.05) is 12.1 Å². The number of anilines is 1. The number of rotatable bonds is 3. The molecule has 4 nitrogen and oxygen atoms in total. The Morgan fingerprint density at radius 1 is 1.43 bits per heavy atom. The topological polar surface area (TPSA) is 68.1 Å². The molecule has 2 atom stereocenters. The average molecular weight is 286 g/mol. The molecule has 0 bridgehead atoms. The van der Waals surface area contributed by atoms with Crippen LogP contribution in [0.2, 0.25) is 0 Å². The number of carbonyl (C=O) groups excluding carboxylic acids is 1. The molecule has 4 heteroatoms. The van der Waals surface area contributed by atoms with Crippen LogP contribution in [0, 0.1) is 5.92 Å². The third-order valence-electron chi connectivity index (χ3n) is 4.51. The van der Waals surface area contributed by atoms with Crippen LogP contribution in [-0.2, 0) is 4.74 Å². The highest BCUT2D eigenvalue weighted by Crippen LogP contribution is 2.29. The molecule has 0 saturated heterocycles. The second kappa shape index (κ2) is 5.80. The first kappa shape index (κ1) is 14.0. The lowest BCUT2D eigenvalue weighted by Gasteiger charge is -2.28. The van der Waals surface area contributed by atoms with Crippen molar-refractivity contribution in [3.63, 3.8) is 0 Å². The number of ether oxygens (including phenoxy) is 1. The average Bonchev–Trinajstić information content (AvgIpc) is 2.90. The number of carbonyl (C=O) groups is 1. The van der Waals surface area contributed by atoms with Crippen molar-refractivity contribution in [1.29, 1.82) is 0 Å². The van der Waals surface area contributed by atoms with Gasteiger partial charge in [-0.25, -0.2) is 4.79 Å². The van der Waals surface area contributed by atoms with E-state index in [0.717, 1.165) is 30.2 Å². The summed E-state index contributed by atoms with van der Waals surface area (Å²) in [6, 6.07) is 5.51. The molecule has 1 fully saturated rings. The summed E-state index contributed by atoms with van der Waals surface area (Å²) in [5, 5.41) is 0.872. The van der Waals surface area contributed by atoms with Crippen molar-refractivity contribution >= 4 is 22.6 Å². The Kier molecular flexibility index (Phi) is 3.86. The maximum Gasteiger partial charge on any atom is 0.340 e. The van der Waals surface area contributed by atoms with Crippen molar-refractivity contribution in [2.45, 2.75) is 45.1 Å². The number of aromatic nitrogens is 1. The first-order chi connectivity index (χ1) is 10.2. The van der Waals surface area contributed by atoms with Gasteiger partial charge in [0, 0.05) is 22.8 Å². The first-order valence-corrected chi connectivity index (χ1v) is 7.75. The Labute approximate surface area is 124 Å². The zero-order valence-electron chi connectivity index (χ0n) is 12.4. The summed E-state index contributed by atoms with van der Waals surface area (Å²) < 4.78 is 5.72. The smallest absolute Gasteiger partial charge is 0.340 e. The molecule has 2 aromatic rings. The molecule has 1 aliphatic rings. The lowest BCUT2D eigenvalue weighted by atomic mass is 9.85. The Bertz CT molecular complexity index is 647. The lowest BCUT2D eigenvalue weighted by Crippen LogP contribution is -2.25. The minimum atomic E-state index is -0.229. The van der Waals surface area contributed by atoms with Crippen molar-refractivity contribution in [1.82, 2.24) is 4.98 Å². The quantitative estimate of drug-likeness (QED) is 0.664. The number of H-pyrrole nitrogens is 1. The van der Waals surface area contributed by atoms with Gasteiger partial charge in [0.2, 0.25) is 0 Å². The fourth-order valence-corrected chi connectivity index (χ4v) is 3.25. The summed E-state index contributed by atoms with van der Waals surface area (Å²) in [4.78, 5) is 15.5. The van der Waals surface area contributed by atoms with Gasteiger partial charge in [0.15, 0.2) is 0 Å². The molecule has 1 aromatic carbocycles. The minimum Gasteiger partial charge on any atom is -0.459 e. The van der Waals surface area contributed by atoms with Gasteiger partial charge < -0.3 is 15.5 Å². The van der Waals surface area contributed by atoms with E-state index in [2.05, 4.69) is 11.9 Å². The molecule has 1 aliphatic carbocycles. The van der Waals surface area contributed by atoms with Gasteiger partial charge in [-0.3, -0.25) is 0 Å². The van der Waals surface area contributed by atoms with E-state index in [1.54, 1.807) is 12.3 Å². The number of hydrogen-bond acceptors (Lipinski definition) is 3. The molecule has 0 spiro atoms. The third-order valence-corrected chi connectivity index (χ3v) is 4.51. The van der Waals surface area contributed by atoms with Crippen molar-refractivity contribution in [2.75, 3.05) is 5.73 Å². The van der Waals surface area contributed by atoms with Gasteiger partial charge >= 0.3 is 5.97 Å². The van der Waals surface area contributed by atoms with Crippen LogP contribution in [-0.4, -0.2) is 17.1 Å². The van der Waals surface area contributed by atoms with Crippen molar-refractivity contribution < 1.29 is 9.53 Å². The van der Waals surface area contributed by atoms with E-state index in [4.69, 9.17) is 10.5 Å². The van der Waals surface area contributed by atoms with E-state index in [0.29, 0.717) is 17.2 Å². The van der Waals surface area contributed by atoms with Crippen LogP contribution in [0.4, 0.5) is 5.69 Å². The highest BCUT2D eigenvalue weighted by molar-refractivity contribution is 6.04. The molecule has 112 valence electrons. The molecule has 0 aliphatic heterocycles. The number of nitrogens with two attached hydrogens (primary N) is 1. The molecule has 1 heterocycles. The molecule has 1 aromatic heterocycles. The minimum absolute atomic E-state index is 0.0648. The van der Waals surface area contributed by atoms with Crippen molar-refractivity contribution in [3.05, 3.63) is 30.0 Å². The van der Waals surface area contributed by atoms with Crippen molar-refractivity contribution in [2.24, 2.45) is 5.92 Å². The van der Waals surface area contributed by atoms with E-state index in [-0.39, 0.29) is 12.1 Å². The fourth-order valence-electron chi connectivity index (χ4n) is 3.25. The number of fused-ring (bicyclic) bond motifs is 1. The summed E-state index contributed by atoms with van der Waals surface area (Å²) in [5.41, 5.74) is 7.91. The van der Waals surface area contributed by atoms with Crippen LogP contribution in [0.1, 0.15) is 49.4 Å². The summed E-state index contributed by atoms with van der Waals surface area (Å²) in [7, 11) is 0. The van der Waals surface area contributed by atoms with Crippen LogP contribution in [0.3, 0.4) is 0 Å². The Balaban J connectivity index is 1.75. The molecule has 0 amide bonds. The third kappa shape index (κ3) is 2.89. The predicted octanol–water partition coefficient (Wildman–Crippen LogP) is 3.88. The molecule has 21 heavy (non-hydrogen) atoms. The number of esters is 1. The van der Waals surface area contributed by atoms with Crippen LogP contribution in [0.5, 0.6) is 0 Å². The molecule has 2 unspecified atom stereocenters. The van der Waals surface area contributed by atoms with Gasteiger partial charge in [-0.1, -0.05) is 19.8 Å². The monoisotopic (exact) mass is 286 g/mol. The Morgan fingerprint density at radius 3 is 3.10 bits per heavy atom. The molecule has 1 saturated carbocycles. The van der Waals surface area contributed by atoms with Crippen LogP contribution in [0.15, 0.2) is 24.4 Å². The molecule has 0 radical (unpaired) electrons. The maximum absolute atomic E-state index is 12.4. The maximum atomic E-state index is 12.4. The molecule has 3 rings (SSSR count). The van der Waals surface area contributed by atoms with Gasteiger partial charge in [0.05, 0.1) is 5.56 Å². The number of aromatic amines is 1. The normalized spacial score (nSPS) is 22.3. The lowest BCUT2D eigenvalue weighted by molar-refractivity contribution is 0.0142. The van der Waals surface area contributed by atoms with Crippen LogP contribution >= 0.6 is 0 Å². The summed E-state index contributed by atoms with van der Waals surface area (Å²) >= 11 is 0. The Hall–Kier alpha value is -1.97. The van der Waals surface area contributed by atoms with E-state index in [1.165, 1.54) is 12.8 Å². The predicted molar refractivity (Wildman–Crippen MR) is 84.2 cm³/mol. The largest absolute Gasteiger partial charge is 0.459 e. The van der Waals surface area contributed by atoms with Crippen LogP contribution in [0.25, 0.3) is 10.9 Å². The molecular weight excluding hydrogens is 264 g/mol. The van der Waals surface area contributed by atoms with Gasteiger partial charge in [-0.2, -0.15) is 0 Å². The first-order valence-electron chi connectivity index (χ1n) is 7.75. The molecule has 3 N–H and O–H groups in total. The summed E-state index contributed by atoms with van der Waals surface area (Å²) in [5.74, 6) is 0.465. The second-order valence-corrected chi connectivity index (χ2v) is 5.98. The van der Waals surface area contributed by atoms with Gasteiger partial charge in [0.25, 0.3) is 0 Å². The van der Waals surface area contributed by atoms with Crippen molar-refractivity contribution in [3.8, 4) is 0 Å². The van der Waals surface area contributed by atoms with E-state index < -0.39 is 0 Å². The van der Waals surface area contributed by atoms with Gasteiger partial charge in [-0.15, -0.1) is 0 Å². The number of hydrogen-bond donors (Lipinski definition) is 2. The van der Waals surface area contributed by atoms with E-state index >= 15 is 0 Å². The number of benzene rings is 1. The number of nitrogens with one attached hydrogen (secondary N) is 1. The second-order valence-electron chi connectivity index (χ2n) is 5.98. The Morgan fingerprint density at radius 2 is 2.29 bits per heavy atom. The summed E-state index contributed by atoms with van der Waals surface area (Å²) in [6.07, 6.45) is 7.34. The zero-order chi connectivity index (χ0) is 14.8. The highest BCUT2D eigenvalue weighted by Gasteiger charge is 2.25. The SMILES string of the molecule is CCC1CCCC(OC(=O)c2c[nH]c3cc(N)ccc23)C1. The number of nitrogen functional groups attached to an aromatic ring is 1. The molecular formula is C17H22N2O2.